The van der Waals surface area contributed by atoms with Crippen LogP contribution >= 0.6 is 23.2 Å². The molecule has 1 unspecified atom stereocenters. The van der Waals surface area contributed by atoms with Gasteiger partial charge in [0.2, 0.25) is 5.28 Å². The van der Waals surface area contributed by atoms with Gasteiger partial charge in [-0.15, -0.1) is 0 Å². The first-order valence-electron chi connectivity index (χ1n) is 6.59. The van der Waals surface area contributed by atoms with E-state index in [0.717, 1.165) is 17.0 Å². The molecule has 0 saturated heterocycles. The van der Waals surface area contributed by atoms with Crippen molar-refractivity contribution in [3.8, 4) is 5.75 Å². The summed E-state index contributed by atoms with van der Waals surface area (Å²) in [5, 5.41) is 3.96. The molecule has 112 valence electrons. The summed E-state index contributed by atoms with van der Waals surface area (Å²) in [6, 6.07) is 7.71. The highest BCUT2D eigenvalue weighted by molar-refractivity contribution is 6.32. The molecule has 1 aromatic carbocycles. The molecule has 0 bridgehead atoms. The summed E-state index contributed by atoms with van der Waals surface area (Å²) < 4.78 is 5.15. The summed E-state index contributed by atoms with van der Waals surface area (Å²) >= 11 is 11.9. The van der Waals surface area contributed by atoms with Crippen molar-refractivity contribution in [2.24, 2.45) is 5.92 Å². The molecule has 0 radical (unpaired) electrons. The zero-order valence-electron chi connectivity index (χ0n) is 12.1. The minimum Gasteiger partial charge on any atom is -0.497 e. The molecule has 0 fully saturated rings. The smallest absolute Gasteiger partial charge is 0.223 e. The van der Waals surface area contributed by atoms with Crippen molar-refractivity contribution in [2.45, 2.75) is 19.9 Å². The second kappa shape index (κ2) is 6.96. The third-order valence-electron chi connectivity index (χ3n) is 3.15. The Kier molecular flexibility index (Phi) is 5.26. The number of halogens is 2. The van der Waals surface area contributed by atoms with Crippen LogP contribution in [0.25, 0.3) is 0 Å². The number of ether oxygens (including phenoxy) is 1. The molecule has 0 aliphatic rings. The lowest BCUT2D eigenvalue weighted by Gasteiger charge is -2.24. The van der Waals surface area contributed by atoms with E-state index in [0.29, 0.717) is 11.1 Å². The molecule has 4 nitrogen and oxygen atoms in total. The van der Waals surface area contributed by atoms with Crippen molar-refractivity contribution in [3.63, 3.8) is 0 Å². The topological polar surface area (TPSA) is 47.0 Å². The van der Waals surface area contributed by atoms with Crippen molar-refractivity contribution >= 4 is 28.9 Å². The molecule has 2 rings (SSSR count). The molecule has 0 aliphatic carbocycles. The molecule has 2 aromatic rings. The van der Waals surface area contributed by atoms with Gasteiger partial charge in [-0.25, -0.2) is 9.97 Å². The Hall–Kier alpha value is -1.52. The highest BCUT2D eigenvalue weighted by Crippen LogP contribution is 2.31. The van der Waals surface area contributed by atoms with Gasteiger partial charge >= 0.3 is 0 Å². The van der Waals surface area contributed by atoms with E-state index in [1.165, 1.54) is 0 Å². The standard InChI is InChI=1S/C15H17Cl2N3O/c1-9(2)13(12-8-18-15(17)20-14(12)16)19-10-4-6-11(21-3)7-5-10/h4-9,13,19H,1-3H3. The number of rotatable bonds is 5. The SMILES string of the molecule is COc1ccc(NC(c2cnc(Cl)nc2Cl)C(C)C)cc1. The van der Waals surface area contributed by atoms with Crippen LogP contribution in [0.3, 0.4) is 0 Å². The van der Waals surface area contributed by atoms with Crippen molar-refractivity contribution in [3.05, 3.63) is 46.5 Å². The fraction of sp³-hybridized carbons (Fsp3) is 0.333. The number of benzene rings is 1. The fourth-order valence-corrected chi connectivity index (χ4v) is 2.45. The fourth-order valence-electron chi connectivity index (χ4n) is 2.03. The van der Waals surface area contributed by atoms with Gasteiger partial charge in [-0.05, 0) is 41.8 Å². The molecule has 0 saturated carbocycles. The molecule has 1 aromatic heterocycles. The molecule has 6 heteroatoms. The van der Waals surface area contributed by atoms with Crippen LogP contribution in [-0.4, -0.2) is 17.1 Å². The predicted molar refractivity (Wildman–Crippen MR) is 86.2 cm³/mol. The number of methoxy groups -OCH3 is 1. The molecule has 1 heterocycles. The number of anilines is 1. The third-order valence-corrected chi connectivity index (χ3v) is 3.64. The molecule has 1 N–H and O–H groups in total. The van der Waals surface area contributed by atoms with Crippen molar-refractivity contribution < 1.29 is 4.74 Å². The molecular formula is C15H17Cl2N3O. The van der Waals surface area contributed by atoms with E-state index >= 15 is 0 Å². The third kappa shape index (κ3) is 3.99. The van der Waals surface area contributed by atoms with E-state index in [1.807, 2.05) is 24.3 Å². The van der Waals surface area contributed by atoms with Gasteiger partial charge in [0.05, 0.1) is 13.2 Å². The number of hydrogen-bond donors (Lipinski definition) is 1. The summed E-state index contributed by atoms with van der Waals surface area (Å²) in [7, 11) is 1.64. The molecule has 0 aliphatic heterocycles. The van der Waals surface area contributed by atoms with Gasteiger partial charge in [0.15, 0.2) is 0 Å². The van der Waals surface area contributed by atoms with Gasteiger partial charge in [0.25, 0.3) is 0 Å². The lowest BCUT2D eigenvalue weighted by Crippen LogP contribution is -2.18. The summed E-state index contributed by atoms with van der Waals surface area (Å²) in [4.78, 5) is 8.03. The molecule has 21 heavy (non-hydrogen) atoms. The zero-order valence-corrected chi connectivity index (χ0v) is 13.6. The van der Waals surface area contributed by atoms with Crippen LogP contribution in [0.15, 0.2) is 30.5 Å². The molecule has 0 spiro atoms. The Bertz CT molecular complexity index is 602. The summed E-state index contributed by atoms with van der Waals surface area (Å²) in [6.07, 6.45) is 1.67. The highest BCUT2D eigenvalue weighted by Gasteiger charge is 2.20. The average molecular weight is 326 g/mol. The molecule has 1 atom stereocenters. The van der Waals surface area contributed by atoms with Crippen molar-refractivity contribution in [1.29, 1.82) is 0 Å². The Morgan fingerprint density at radius 2 is 1.81 bits per heavy atom. The van der Waals surface area contributed by atoms with E-state index in [4.69, 9.17) is 27.9 Å². The Balaban J connectivity index is 2.26. The van der Waals surface area contributed by atoms with Crippen molar-refractivity contribution in [2.75, 3.05) is 12.4 Å². The van der Waals surface area contributed by atoms with Gasteiger partial charge in [0.1, 0.15) is 10.9 Å². The van der Waals surface area contributed by atoms with Gasteiger partial charge in [-0.1, -0.05) is 25.4 Å². The predicted octanol–water partition coefficient (Wildman–Crippen LogP) is 4.60. The Labute approximate surface area is 134 Å². The van der Waals surface area contributed by atoms with Crippen LogP contribution in [-0.2, 0) is 0 Å². The average Bonchev–Trinajstić information content (AvgIpc) is 2.46. The summed E-state index contributed by atoms with van der Waals surface area (Å²) in [6.45, 7) is 4.21. The Morgan fingerprint density at radius 3 is 2.33 bits per heavy atom. The van der Waals surface area contributed by atoms with Crippen molar-refractivity contribution in [1.82, 2.24) is 9.97 Å². The molecular weight excluding hydrogens is 309 g/mol. The number of hydrogen-bond acceptors (Lipinski definition) is 4. The lowest BCUT2D eigenvalue weighted by atomic mass is 9.98. The quantitative estimate of drug-likeness (QED) is 0.644. The molecule has 0 amide bonds. The van der Waals surface area contributed by atoms with Crippen LogP contribution in [0.5, 0.6) is 5.75 Å². The van der Waals surface area contributed by atoms with E-state index in [-0.39, 0.29) is 11.3 Å². The normalized spacial score (nSPS) is 12.3. The number of nitrogens with one attached hydrogen (secondary N) is 1. The lowest BCUT2D eigenvalue weighted by molar-refractivity contribution is 0.415. The highest BCUT2D eigenvalue weighted by atomic mass is 35.5. The van der Waals surface area contributed by atoms with Crippen LogP contribution in [0.4, 0.5) is 5.69 Å². The van der Waals surface area contributed by atoms with E-state index in [1.54, 1.807) is 13.3 Å². The zero-order chi connectivity index (χ0) is 15.4. The van der Waals surface area contributed by atoms with Crippen LogP contribution < -0.4 is 10.1 Å². The Morgan fingerprint density at radius 1 is 1.14 bits per heavy atom. The monoisotopic (exact) mass is 325 g/mol. The number of aromatic nitrogens is 2. The number of nitrogens with zero attached hydrogens (tertiary/aromatic N) is 2. The van der Waals surface area contributed by atoms with Gasteiger partial charge in [0, 0.05) is 17.4 Å². The van der Waals surface area contributed by atoms with Gasteiger partial charge in [-0.2, -0.15) is 0 Å². The van der Waals surface area contributed by atoms with Crippen LogP contribution in [0.1, 0.15) is 25.5 Å². The maximum absolute atomic E-state index is 6.19. The second-order valence-corrected chi connectivity index (χ2v) is 5.68. The van der Waals surface area contributed by atoms with E-state index in [2.05, 4.69) is 29.1 Å². The first kappa shape index (κ1) is 15.9. The first-order chi connectivity index (χ1) is 10.0. The van der Waals surface area contributed by atoms with Crippen LogP contribution in [0.2, 0.25) is 10.4 Å². The maximum atomic E-state index is 6.19. The maximum Gasteiger partial charge on any atom is 0.223 e. The van der Waals surface area contributed by atoms with E-state index < -0.39 is 0 Å². The minimum atomic E-state index is -0.0110. The van der Waals surface area contributed by atoms with Crippen LogP contribution in [0, 0.1) is 5.92 Å². The van der Waals surface area contributed by atoms with E-state index in [9.17, 15) is 0 Å². The minimum absolute atomic E-state index is 0.0110. The summed E-state index contributed by atoms with van der Waals surface area (Å²) in [5.74, 6) is 1.11. The second-order valence-electron chi connectivity index (χ2n) is 4.98. The largest absolute Gasteiger partial charge is 0.497 e. The summed E-state index contributed by atoms with van der Waals surface area (Å²) in [5.41, 5.74) is 1.80. The first-order valence-corrected chi connectivity index (χ1v) is 7.35. The van der Waals surface area contributed by atoms with Gasteiger partial charge in [-0.3, -0.25) is 0 Å². The van der Waals surface area contributed by atoms with Gasteiger partial charge < -0.3 is 10.1 Å².